The predicted octanol–water partition coefficient (Wildman–Crippen LogP) is -0.787. The second-order valence-corrected chi connectivity index (χ2v) is 6.93. The first-order valence-corrected chi connectivity index (χ1v) is 7.17. The third-order valence-corrected chi connectivity index (χ3v) is 3.03. The highest BCUT2D eigenvalue weighted by atomic mass is 16.3. The van der Waals surface area contributed by atoms with Gasteiger partial charge in [0, 0.05) is 26.1 Å². The standard InChI is InChI=1S/2C7H18NO2.2H2O/c2*1-8(2,3)7(10)5-4-6-9;;/h2*7,9-10H,4-6H2,1-3H3;2*1H2/q2*+1;;/p-2. The molecule has 0 saturated heterocycles. The van der Waals surface area contributed by atoms with Crippen molar-refractivity contribution < 1.29 is 40.3 Å². The van der Waals surface area contributed by atoms with Gasteiger partial charge in [0.25, 0.3) is 0 Å². The molecule has 0 aromatic carbocycles. The largest absolute Gasteiger partial charge is 0.870 e. The summed E-state index contributed by atoms with van der Waals surface area (Å²) in [4.78, 5) is 0. The molecule has 0 radical (unpaired) electrons. The van der Waals surface area contributed by atoms with Crippen molar-refractivity contribution in [1.82, 2.24) is 0 Å². The van der Waals surface area contributed by atoms with Crippen molar-refractivity contribution >= 4 is 0 Å². The molecular weight excluding hydrogens is 292 g/mol. The van der Waals surface area contributed by atoms with E-state index in [-0.39, 0.29) is 36.6 Å². The minimum atomic E-state index is -0.354. The maximum atomic E-state index is 9.38. The van der Waals surface area contributed by atoms with Crippen LogP contribution in [-0.2, 0) is 0 Å². The summed E-state index contributed by atoms with van der Waals surface area (Å²) in [5.74, 6) is 0. The number of hydrogen-bond acceptors (Lipinski definition) is 6. The maximum absolute atomic E-state index is 9.38. The van der Waals surface area contributed by atoms with Crippen LogP contribution in [0.3, 0.4) is 0 Å². The molecule has 0 fully saturated rings. The molecule has 0 heterocycles. The summed E-state index contributed by atoms with van der Waals surface area (Å²) < 4.78 is 1.08. The number of hydrogen-bond donors (Lipinski definition) is 4. The summed E-state index contributed by atoms with van der Waals surface area (Å²) in [5.41, 5.74) is 0. The van der Waals surface area contributed by atoms with Crippen LogP contribution in [0.25, 0.3) is 0 Å². The van der Waals surface area contributed by atoms with Gasteiger partial charge < -0.3 is 40.3 Å². The fraction of sp³-hybridized carbons (Fsp3) is 1.00. The lowest BCUT2D eigenvalue weighted by atomic mass is 10.2. The van der Waals surface area contributed by atoms with E-state index in [0.717, 1.165) is 0 Å². The zero-order valence-corrected chi connectivity index (χ0v) is 15.0. The van der Waals surface area contributed by atoms with Gasteiger partial charge in [-0.15, -0.1) is 0 Å². The fourth-order valence-electron chi connectivity index (χ4n) is 1.32. The summed E-state index contributed by atoms with van der Waals surface area (Å²) >= 11 is 0. The van der Waals surface area contributed by atoms with Crippen LogP contribution in [0.1, 0.15) is 25.7 Å². The SMILES string of the molecule is C[N+](C)(C)C(O)CCCO.C[N+](C)(C)C(O)CCCO.[OH-].[OH-]. The first kappa shape index (κ1) is 29.7. The monoisotopic (exact) mass is 330 g/mol. The second-order valence-electron chi connectivity index (χ2n) is 6.93. The summed E-state index contributed by atoms with van der Waals surface area (Å²) in [7, 11) is 11.6. The van der Waals surface area contributed by atoms with E-state index in [1.807, 2.05) is 42.3 Å². The third kappa shape index (κ3) is 17.7. The maximum Gasteiger partial charge on any atom is 0.189 e. The van der Waals surface area contributed by atoms with Gasteiger partial charge in [-0.3, -0.25) is 0 Å². The van der Waals surface area contributed by atoms with E-state index in [9.17, 15) is 10.2 Å². The number of aliphatic hydroxyl groups is 4. The smallest absolute Gasteiger partial charge is 0.189 e. The summed E-state index contributed by atoms with van der Waals surface area (Å²) in [6.07, 6.45) is 1.98. The Bertz CT molecular complexity index is 204. The van der Waals surface area contributed by atoms with Crippen LogP contribution in [0.4, 0.5) is 0 Å². The van der Waals surface area contributed by atoms with Gasteiger partial charge in [-0.2, -0.15) is 0 Å². The van der Waals surface area contributed by atoms with Gasteiger partial charge in [0.2, 0.25) is 0 Å². The van der Waals surface area contributed by atoms with Crippen LogP contribution in [0.15, 0.2) is 0 Å². The van der Waals surface area contributed by atoms with Crippen molar-refractivity contribution in [3.8, 4) is 0 Å². The second kappa shape index (κ2) is 14.3. The van der Waals surface area contributed by atoms with Crippen LogP contribution < -0.4 is 0 Å². The van der Waals surface area contributed by atoms with Crippen molar-refractivity contribution in [2.45, 2.75) is 38.1 Å². The van der Waals surface area contributed by atoms with E-state index in [1.54, 1.807) is 0 Å². The van der Waals surface area contributed by atoms with Crippen molar-refractivity contribution in [2.24, 2.45) is 0 Å². The molecule has 0 rings (SSSR count). The molecule has 0 aromatic heterocycles. The van der Waals surface area contributed by atoms with Gasteiger partial charge in [-0.25, -0.2) is 0 Å². The number of quaternary nitrogens is 2. The highest BCUT2D eigenvalue weighted by Gasteiger charge is 2.19. The van der Waals surface area contributed by atoms with Gasteiger partial charge >= 0.3 is 0 Å². The van der Waals surface area contributed by atoms with Crippen molar-refractivity contribution in [1.29, 1.82) is 0 Å². The highest BCUT2D eigenvalue weighted by molar-refractivity contribution is 4.41. The Morgan fingerprint density at radius 1 is 0.636 bits per heavy atom. The zero-order chi connectivity index (χ0) is 16.4. The van der Waals surface area contributed by atoms with Crippen molar-refractivity contribution in [2.75, 3.05) is 55.5 Å². The highest BCUT2D eigenvalue weighted by Crippen LogP contribution is 2.06. The molecule has 0 bridgehead atoms. The van der Waals surface area contributed by atoms with Gasteiger partial charge in [0.15, 0.2) is 12.5 Å². The Labute approximate surface area is 135 Å². The van der Waals surface area contributed by atoms with Gasteiger partial charge in [-0.1, -0.05) is 0 Å². The van der Waals surface area contributed by atoms with Crippen molar-refractivity contribution in [3.63, 3.8) is 0 Å². The molecule has 2 atom stereocenters. The third-order valence-electron chi connectivity index (χ3n) is 3.03. The van der Waals surface area contributed by atoms with Crippen LogP contribution in [0, 0.1) is 0 Å². The first-order chi connectivity index (χ1) is 8.96. The van der Waals surface area contributed by atoms with Crippen LogP contribution in [-0.4, -0.2) is 108 Å². The fourth-order valence-corrected chi connectivity index (χ4v) is 1.32. The van der Waals surface area contributed by atoms with E-state index in [4.69, 9.17) is 10.2 Å². The van der Waals surface area contributed by atoms with E-state index < -0.39 is 0 Å². The Hall–Kier alpha value is -0.320. The molecule has 0 aliphatic rings. The van der Waals surface area contributed by atoms with E-state index in [1.165, 1.54) is 0 Å². The molecule has 0 amide bonds. The van der Waals surface area contributed by atoms with Gasteiger partial charge in [-0.05, 0) is 12.8 Å². The number of rotatable bonds is 8. The number of aliphatic hydroxyl groups excluding tert-OH is 4. The molecule has 140 valence electrons. The first-order valence-electron chi connectivity index (χ1n) is 7.17. The Balaban J connectivity index is -0.000000135. The quantitative estimate of drug-likeness (QED) is 0.339. The Morgan fingerprint density at radius 3 is 1.00 bits per heavy atom. The lowest BCUT2D eigenvalue weighted by Crippen LogP contribution is -2.44. The summed E-state index contributed by atoms with van der Waals surface area (Å²) in [6.45, 7) is 0.328. The average Bonchev–Trinajstić information content (AvgIpc) is 2.31. The zero-order valence-electron chi connectivity index (χ0n) is 15.0. The molecule has 22 heavy (non-hydrogen) atoms. The van der Waals surface area contributed by atoms with Crippen LogP contribution >= 0.6 is 0 Å². The minimum absolute atomic E-state index is 0. The summed E-state index contributed by atoms with van der Waals surface area (Å²) in [5, 5.41) is 35.7. The molecular formula is C14H38N2O6. The van der Waals surface area contributed by atoms with E-state index in [0.29, 0.717) is 34.6 Å². The molecule has 0 aromatic rings. The molecule has 8 heteroatoms. The Kier molecular flexibility index (Phi) is 19.3. The normalized spacial score (nSPS) is 13.9. The molecule has 0 spiro atoms. The van der Waals surface area contributed by atoms with Crippen LogP contribution in [0.2, 0.25) is 0 Å². The van der Waals surface area contributed by atoms with Crippen LogP contribution in [0.5, 0.6) is 0 Å². The lowest BCUT2D eigenvalue weighted by molar-refractivity contribution is -0.919. The topological polar surface area (TPSA) is 141 Å². The molecule has 8 nitrogen and oxygen atoms in total. The lowest BCUT2D eigenvalue weighted by Gasteiger charge is -2.29. The van der Waals surface area contributed by atoms with Gasteiger partial charge in [0.1, 0.15) is 0 Å². The minimum Gasteiger partial charge on any atom is -0.870 e. The average molecular weight is 330 g/mol. The van der Waals surface area contributed by atoms with E-state index >= 15 is 0 Å². The molecule has 6 N–H and O–H groups in total. The molecule has 0 aliphatic heterocycles. The molecule has 2 unspecified atom stereocenters. The van der Waals surface area contributed by atoms with E-state index in [2.05, 4.69) is 0 Å². The summed E-state index contributed by atoms with van der Waals surface area (Å²) in [6, 6.07) is 0. The number of nitrogens with zero attached hydrogens (tertiary/aromatic N) is 2. The van der Waals surface area contributed by atoms with Crippen molar-refractivity contribution in [3.05, 3.63) is 0 Å². The van der Waals surface area contributed by atoms with Gasteiger partial charge in [0.05, 0.1) is 42.3 Å². The molecule has 0 aliphatic carbocycles. The Morgan fingerprint density at radius 2 is 0.864 bits per heavy atom. The predicted molar refractivity (Wildman–Crippen MR) is 84.6 cm³/mol. The molecule has 0 saturated carbocycles.